The van der Waals surface area contributed by atoms with Crippen LogP contribution in [0.3, 0.4) is 0 Å². The molecular formula is C23H16O8. The van der Waals surface area contributed by atoms with Gasteiger partial charge in [0.2, 0.25) is 11.2 Å². The fourth-order valence-electron chi connectivity index (χ4n) is 3.62. The number of carbonyl (C=O) groups is 2. The summed E-state index contributed by atoms with van der Waals surface area (Å²) in [5, 5.41) is 19.1. The Morgan fingerprint density at radius 2 is 1.65 bits per heavy atom. The van der Waals surface area contributed by atoms with Crippen LogP contribution >= 0.6 is 0 Å². The maximum atomic E-state index is 13.4. The minimum absolute atomic E-state index is 0.0142. The summed E-state index contributed by atoms with van der Waals surface area (Å²) in [5.74, 6) is -3.18. The van der Waals surface area contributed by atoms with E-state index in [9.17, 15) is 24.3 Å². The quantitative estimate of drug-likeness (QED) is 0.464. The highest BCUT2D eigenvalue weighted by atomic mass is 16.4. The Morgan fingerprint density at radius 3 is 2.26 bits per heavy atom. The lowest BCUT2D eigenvalue weighted by atomic mass is 9.97. The number of aromatic carboxylic acids is 2. The SMILES string of the molecule is CCCc1c2occc(=O)c2cc2c(=O)c(-c3ccc(C(=O)O)cc3)c(C(=O)O)oc12. The topological polar surface area (TPSA) is 135 Å². The average molecular weight is 420 g/mol. The number of benzene rings is 2. The molecule has 4 rings (SSSR count). The van der Waals surface area contributed by atoms with Gasteiger partial charge in [-0.2, -0.15) is 0 Å². The van der Waals surface area contributed by atoms with Crippen LogP contribution in [0.1, 0.15) is 39.8 Å². The molecule has 8 nitrogen and oxygen atoms in total. The smallest absolute Gasteiger partial charge is 0.372 e. The lowest BCUT2D eigenvalue weighted by Crippen LogP contribution is -2.14. The summed E-state index contributed by atoms with van der Waals surface area (Å²) < 4.78 is 11.2. The third-order valence-corrected chi connectivity index (χ3v) is 5.01. The zero-order valence-electron chi connectivity index (χ0n) is 16.3. The van der Waals surface area contributed by atoms with E-state index in [2.05, 4.69) is 0 Å². The zero-order valence-corrected chi connectivity index (χ0v) is 16.3. The van der Waals surface area contributed by atoms with Crippen molar-refractivity contribution in [1.82, 2.24) is 0 Å². The average Bonchev–Trinajstić information content (AvgIpc) is 2.74. The van der Waals surface area contributed by atoms with Gasteiger partial charge < -0.3 is 19.0 Å². The first-order valence-corrected chi connectivity index (χ1v) is 9.44. The number of hydrogen-bond acceptors (Lipinski definition) is 6. The summed E-state index contributed by atoms with van der Waals surface area (Å²) in [6.45, 7) is 1.89. The van der Waals surface area contributed by atoms with E-state index in [1.54, 1.807) is 0 Å². The molecule has 0 radical (unpaired) electrons. The standard InChI is InChI=1S/C23H16O8/c1-2-3-13-19-14(16(24)8-9-30-19)10-15-18(25)17(21(23(28)29)31-20(13)15)11-4-6-12(7-5-11)22(26)27/h4-10H,2-3H2,1H3,(H,26,27)(H,28,29). The van der Waals surface area contributed by atoms with E-state index in [1.165, 1.54) is 42.7 Å². The summed E-state index contributed by atoms with van der Waals surface area (Å²) in [5.41, 5.74) is -0.273. The van der Waals surface area contributed by atoms with Gasteiger partial charge in [-0.1, -0.05) is 25.5 Å². The number of carboxylic acid groups (broad SMARTS) is 2. The van der Waals surface area contributed by atoms with E-state index in [-0.39, 0.29) is 44.1 Å². The Labute approximate surface area is 174 Å². The van der Waals surface area contributed by atoms with Crippen molar-refractivity contribution in [3.63, 3.8) is 0 Å². The summed E-state index contributed by atoms with van der Waals surface area (Å²) >= 11 is 0. The van der Waals surface area contributed by atoms with E-state index in [1.807, 2.05) is 6.92 Å². The molecule has 0 aliphatic rings. The minimum Gasteiger partial charge on any atom is -0.478 e. The number of hydrogen-bond donors (Lipinski definition) is 2. The van der Waals surface area contributed by atoms with Crippen molar-refractivity contribution in [2.24, 2.45) is 0 Å². The van der Waals surface area contributed by atoms with Gasteiger partial charge in [0.1, 0.15) is 11.2 Å². The fourth-order valence-corrected chi connectivity index (χ4v) is 3.62. The molecular weight excluding hydrogens is 404 g/mol. The van der Waals surface area contributed by atoms with Crippen molar-refractivity contribution >= 4 is 33.9 Å². The van der Waals surface area contributed by atoms with Gasteiger partial charge in [0, 0.05) is 11.6 Å². The molecule has 0 fully saturated rings. The van der Waals surface area contributed by atoms with E-state index in [0.717, 1.165) is 0 Å². The second-order valence-corrected chi connectivity index (χ2v) is 6.97. The molecule has 0 saturated carbocycles. The normalized spacial score (nSPS) is 11.1. The zero-order chi connectivity index (χ0) is 22.3. The molecule has 0 aliphatic heterocycles. The van der Waals surface area contributed by atoms with Gasteiger partial charge in [0.05, 0.1) is 28.2 Å². The first kappa shape index (κ1) is 20.1. The molecule has 0 atom stereocenters. The molecule has 0 spiro atoms. The van der Waals surface area contributed by atoms with Crippen molar-refractivity contribution in [1.29, 1.82) is 0 Å². The van der Waals surface area contributed by atoms with Gasteiger partial charge in [0.15, 0.2) is 5.43 Å². The maximum absolute atomic E-state index is 13.4. The predicted molar refractivity (Wildman–Crippen MR) is 112 cm³/mol. The number of carboxylic acids is 2. The minimum atomic E-state index is -1.45. The molecule has 2 aromatic carbocycles. The molecule has 2 heterocycles. The molecule has 31 heavy (non-hydrogen) atoms. The predicted octanol–water partition coefficient (Wildman–Crippen LogP) is 3.92. The van der Waals surface area contributed by atoms with E-state index < -0.39 is 23.1 Å². The van der Waals surface area contributed by atoms with Crippen molar-refractivity contribution < 1.29 is 28.6 Å². The second-order valence-electron chi connectivity index (χ2n) is 6.97. The monoisotopic (exact) mass is 420 g/mol. The van der Waals surface area contributed by atoms with Gasteiger partial charge in [-0.25, -0.2) is 9.59 Å². The lowest BCUT2D eigenvalue weighted by Gasteiger charge is -2.12. The van der Waals surface area contributed by atoms with Gasteiger partial charge in [-0.3, -0.25) is 9.59 Å². The third kappa shape index (κ3) is 3.28. The van der Waals surface area contributed by atoms with Crippen molar-refractivity contribution in [3.05, 3.63) is 80.0 Å². The Hall–Kier alpha value is -4.20. The van der Waals surface area contributed by atoms with Gasteiger partial charge >= 0.3 is 11.9 Å². The first-order valence-electron chi connectivity index (χ1n) is 9.44. The van der Waals surface area contributed by atoms with Crippen LogP contribution in [-0.4, -0.2) is 22.2 Å². The summed E-state index contributed by atoms with van der Waals surface area (Å²) in [7, 11) is 0. The highest BCUT2D eigenvalue weighted by Crippen LogP contribution is 2.31. The molecule has 0 bridgehead atoms. The van der Waals surface area contributed by atoms with Crippen LogP contribution in [0.4, 0.5) is 0 Å². The van der Waals surface area contributed by atoms with Crippen LogP contribution in [-0.2, 0) is 6.42 Å². The second kappa shape index (κ2) is 7.56. The summed E-state index contributed by atoms with van der Waals surface area (Å²) in [6.07, 6.45) is 2.27. The molecule has 0 amide bonds. The number of rotatable bonds is 5. The number of aryl methyl sites for hydroxylation is 1. The van der Waals surface area contributed by atoms with E-state index in [0.29, 0.717) is 18.4 Å². The van der Waals surface area contributed by atoms with Crippen LogP contribution in [0.5, 0.6) is 0 Å². The Balaban J connectivity index is 2.15. The first-order chi connectivity index (χ1) is 14.8. The molecule has 4 aromatic rings. The maximum Gasteiger partial charge on any atom is 0.372 e. The largest absolute Gasteiger partial charge is 0.478 e. The van der Waals surface area contributed by atoms with E-state index >= 15 is 0 Å². The van der Waals surface area contributed by atoms with Crippen molar-refractivity contribution in [3.8, 4) is 11.1 Å². The van der Waals surface area contributed by atoms with Gasteiger partial charge in [-0.05, 0) is 30.2 Å². The molecule has 2 N–H and O–H groups in total. The van der Waals surface area contributed by atoms with Gasteiger partial charge in [0.25, 0.3) is 0 Å². The third-order valence-electron chi connectivity index (χ3n) is 5.01. The van der Waals surface area contributed by atoms with Crippen LogP contribution in [0.25, 0.3) is 33.1 Å². The Morgan fingerprint density at radius 1 is 0.935 bits per heavy atom. The Kier molecular flexibility index (Phi) is 4.90. The van der Waals surface area contributed by atoms with Crippen LogP contribution < -0.4 is 10.9 Å². The molecule has 8 heteroatoms. The Bertz CT molecular complexity index is 1470. The van der Waals surface area contributed by atoms with Crippen LogP contribution in [0.15, 0.2) is 61.1 Å². The highest BCUT2D eigenvalue weighted by Gasteiger charge is 2.25. The molecule has 0 aliphatic carbocycles. The van der Waals surface area contributed by atoms with E-state index in [4.69, 9.17) is 13.9 Å². The van der Waals surface area contributed by atoms with Crippen molar-refractivity contribution in [2.45, 2.75) is 19.8 Å². The molecule has 0 unspecified atom stereocenters. The lowest BCUT2D eigenvalue weighted by molar-refractivity contribution is 0.0661. The highest BCUT2D eigenvalue weighted by molar-refractivity contribution is 6.02. The van der Waals surface area contributed by atoms with Gasteiger partial charge in [-0.15, -0.1) is 0 Å². The molecule has 156 valence electrons. The summed E-state index contributed by atoms with van der Waals surface area (Å²) in [4.78, 5) is 48.9. The molecule has 2 aromatic heterocycles. The van der Waals surface area contributed by atoms with Crippen LogP contribution in [0.2, 0.25) is 0 Å². The fraction of sp³-hybridized carbons (Fsp3) is 0.130. The van der Waals surface area contributed by atoms with Crippen LogP contribution in [0, 0.1) is 0 Å². The van der Waals surface area contributed by atoms with Crippen molar-refractivity contribution in [2.75, 3.05) is 0 Å². The molecule has 0 saturated heterocycles. The summed E-state index contributed by atoms with van der Waals surface area (Å²) in [6, 6.07) is 7.81. The number of fused-ring (bicyclic) bond motifs is 2.